The molecule has 0 spiro atoms. The van der Waals surface area contributed by atoms with Gasteiger partial charge < -0.3 is 10.2 Å². The van der Waals surface area contributed by atoms with E-state index in [0.29, 0.717) is 0 Å². The minimum Gasteiger partial charge on any atom is -0.362 e. The fourth-order valence-electron chi connectivity index (χ4n) is 6.11. The lowest BCUT2D eigenvalue weighted by atomic mass is 9.56. The molecule has 0 saturated heterocycles. The van der Waals surface area contributed by atoms with Crippen molar-refractivity contribution in [3.05, 3.63) is 71.9 Å². The standard InChI is InChI=1S/C33H54O2/c1-12-31(10,22-14-17-25(3)4)29(32(11,13-2)23-15-18-26(5)6)33(34,35)24-20-28-27(7)19-16-21-30(28,8)9/h12-13,17-18,20,24,29,34-35H,1-2,14-16,19,21-23H2,3-11H3. The molecule has 35 heavy (non-hydrogen) atoms. The van der Waals surface area contributed by atoms with Gasteiger partial charge in [0, 0.05) is 5.92 Å². The molecule has 0 aliphatic heterocycles. The van der Waals surface area contributed by atoms with Crippen LogP contribution in [0.4, 0.5) is 0 Å². The van der Waals surface area contributed by atoms with Crippen LogP contribution in [0.2, 0.25) is 0 Å². The summed E-state index contributed by atoms with van der Waals surface area (Å²) in [5, 5.41) is 23.7. The first-order chi connectivity index (χ1) is 16.0. The van der Waals surface area contributed by atoms with Crippen molar-refractivity contribution in [1.82, 2.24) is 0 Å². The fourth-order valence-corrected chi connectivity index (χ4v) is 6.11. The second-order valence-electron chi connectivity index (χ2n) is 12.5. The largest absolute Gasteiger partial charge is 0.362 e. The summed E-state index contributed by atoms with van der Waals surface area (Å²) in [6.45, 7) is 27.7. The molecule has 1 aliphatic carbocycles. The maximum Gasteiger partial charge on any atom is 0.187 e. The lowest BCUT2D eigenvalue weighted by Crippen LogP contribution is -2.52. The molecule has 0 aromatic carbocycles. The minimum atomic E-state index is -2.03. The average Bonchev–Trinajstić information content (AvgIpc) is 2.72. The van der Waals surface area contributed by atoms with Crippen LogP contribution in [0, 0.1) is 22.2 Å². The maximum absolute atomic E-state index is 11.8. The van der Waals surface area contributed by atoms with Gasteiger partial charge in [0.05, 0.1) is 0 Å². The van der Waals surface area contributed by atoms with E-state index in [1.807, 2.05) is 18.2 Å². The molecule has 0 fully saturated rings. The summed E-state index contributed by atoms with van der Waals surface area (Å²) in [6, 6.07) is 0. The highest BCUT2D eigenvalue weighted by molar-refractivity contribution is 5.34. The third-order valence-corrected chi connectivity index (χ3v) is 8.19. The van der Waals surface area contributed by atoms with Crippen LogP contribution in [0.1, 0.15) is 107 Å². The number of aliphatic hydroxyl groups is 2. The first kappa shape index (κ1) is 31.4. The Morgan fingerprint density at radius 1 is 0.943 bits per heavy atom. The van der Waals surface area contributed by atoms with Crippen LogP contribution in [0.15, 0.2) is 71.9 Å². The predicted molar refractivity (Wildman–Crippen MR) is 154 cm³/mol. The molecule has 0 aromatic heterocycles. The van der Waals surface area contributed by atoms with Gasteiger partial charge in [0.2, 0.25) is 0 Å². The highest BCUT2D eigenvalue weighted by atomic mass is 16.5. The molecule has 2 heteroatoms. The zero-order valence-corrected chi connectivity index (χ0v) is 24.3. The summed E-state index contributed by atoms with van der Waals surface area (Å²) < 4.78 is 0. The van der Waals surface area contributed by atoms with Crippen LogP contribution in [0.25, 0.3) is 0 Å². The van der Waals surface area contributed by atoms with E-state index in [1.54, 1.807) is 6.08 Å². The van der Waals surface area contributed by atoms with Gasteiger partial charge in [0.25, 0.3) is 0 Å². The molecule has 2 nitrogen and oxygen atoms in total. The van der Waals surface area contributed by atoms with Crippen molar-refractivity contribution in [3.63, 3.8) is 0 Å². The van der Waals surface area contributed by atoms with Gasteiger partial charge in [0.1, 0.15) is 0 Å². The van der Waals surface area contributed by atoms with Crippen molar-refractivity contribution in [1.29, 1.82) is 0 Å². The Morgan fingerprint density at radius 2 is 1.40 bits per heavy atom. The van der Waals surface area contributed by atoms with E-state index >= 15 is 0 Å². The smallest absolute Gasteiger partial charge is 0.187 e. The fraction of sp³-hybridized carbons (Fsp3) is 0.636. The molecule has 0 radical (unpaired) electrons. The van der Waals surface area contributed by atoms with Crippen LogP contribution >= 0.6 is 0 Å². The van der Waals surface area contributed by atoms with E-state index in [0.717, 1.165) is 38.5 Å². The summed E-state index contributed by atoms with van der Waals surface area (Å²) in [6.07, 6.45) is 18.6. The summed E-state index contributed by atoms with van der Waals surface area (Å²) in [5.41, 5.74) is 4.10. The zero-order valence-electron chi connectivity index (χ0n) is 24.3. The van der Waals surface area contributed by atoms with E-state index in [-0.39, 0.29) is 5.41 Å². The number of rotatable bonds is 13. The molecule has 0 saturated carbocycles. The van der Waals surface area contributed by atoms with Gasteiger partial charge in [0.15, 0.2) is 5.79 Å². The molecular formula is C33H54O2. The minimum absolute atomic E-state index is 0.0286. The van der Waals surface area contributed by atoms with Gasteiger partial charge in [-0.3, -0.25) is 0 Å². The van der Waals surface area contributed by atoms with E-state index in [1.165, 1.54) is 28.7 Å². The van der Waals surface area contributed by atoms with Crippen molar-refractivity contribution in [2.45, 2.75) is 113 Å². The molecule has 0 bridgehead atoms. The monoisotopic (exact) mass is 482 g/mol. The highest BCUT2D eigenvalue weighted by Gasteiger charge is 2.52. The Labute approximate surface area is 217 Å². The Morgan fingerprint density at radius 3 is 1.77 bits per heavy atom. The summed E-state index contributed by atoms with van der Waals surface area (Å²) in [4.78, 5) is 0. The Balaban J connectivity index is 3.61. The van der Waals surface area contributed by atoms with E-state index < -0.39 is 22.5 Å². The summed E-state index contributed by atoms with van der Waals surface area (Å²) in [7, 11) is 0. The van der Waals surface area contributed by atoms with E-state index in [2.05, 4.69) is 87.6 Å². The topological polar surface area (TPSA) is 40.5 Å². The van der Waals surface area contributed by atoms with Crippen LogP contribution in [-0.4, -0.2) is 16.0 Å². The van der Waals surface area contributed by atoms with Crippen LogP contribution < -0.4 is 0 Å². The van der Waals surface area contributed by atoms with Gasteiger partial charge in [-0.25, -0.2) is 0 Å². The van der Waals surface area contributed by atoms with Crippen molar-refractivity contribution in [2.75, 3.05) is 0 Å². The number of hydrogen-bond acceptors (Lipinski definition) is 2. The maximum atomic E-state index is 11.8. The number of allylic oxidation sites excluding steroid dienone is 9. The van der Waals surface area contributed by atoms with Gasteiger partial charge in [-0.15, -0.1) is 13.2 Å². The van der Waals surface area contributed by atoms with Crippen LogP contribution in [0.5, 0.6) is 0 Å². The van der Waals surface area contributed by atoms with Crippen molar-refractivity contribution in [2.24, 2.45) is 22.2 Å². The van der Waals surface area contributed by atoms with Gasteiger partial charge in [-0.2, -0.15) is 0 Å². The molecule has 2 unspecified atom stereocenters. The van der Waals surface area contributed by atoms with Gasteiger partial charge in [-0.05, 0) is 107 Å². The molecule has 0 amide bonds. The lowest BCUT2D eigenvalue weighted by molar-refractivity contribution is -0.210. The normalized spacial score (nSPS) is 20.5. The molecule has 1 rings (SSSR count). The van der Waals surface area contributed by atoms with Gasteiger partial charge in [-0.1, -0.05) is 74.8 Å². The summed E-state index contributed by atoms with van der Waals surface area (Å²) >= 11 is 0. The second kappa shape index (κ2) is 12.5. The molecule has 2 N–H and O–H groups in total. The van der Waals surface area contributed by atoms with Gasteiger partial charge >= 0.3 is 0 Å². The van der Waals surface area contributed by atoms with Crippen LogP contribution in [0.3, 0.4) is 0 Å². The number of hydrogen-bond donors (Lipinski definition) is 2. The molecule has 198 valence electrons. The Bertz CT molecular complexity index is 816. The first-order valence-electron chi connectivity index (χ1n) is 13.4. The van der Waals surface area contributed by atoms with Crippen LogP contribution in [-0.2, 0) is 0 Å². The Kier molecular flexibility index (Phi) is 11.3. The van der Waals surface area contributed by atoms with E-state index in [4.69, 9.17) is 0 Å². The summed E-state index contributed by atoms with van der Waals surface area (Å²) in [5.74, 6) is -2.54. The molecular weight excluding hydrogens is 428 g/mol. The quantitative estimate of drug-likeness (QED) is 0.203. The second-order valence-corrected chi connectivity index (χ2v) is 12.5. The van der Waals surface area contributed by atoms with Crippen molar-refractivity contribution < 1.29 is 10.2 Å². The highest BCUT2D eigenvalue weighted by Crippen LogP contribution is 2.53. The third-order valence-electron chi connectivity index (χ3n) is 8.19. The third kappa shape index (κ3) is 8.46. The van der Waals surface area contributed by atoms with Crippen molar-refractivity contribution >= 4 is 0 Å². The lowest BCUT2D eigenvalue weighted by Gasteiger charge is -2.50. The molecule has 1 aliphatic rings. The average molecular weight is 483 g/mol. The SMILES string of the molecule is C=CC(C)(CCC=C(C)C)C(C(O)(O)C=CC1=C(C)CCCC1(C)C)C(C)(C=C)CCC=C(C)C. The molecule has 0 heterocycles. The first-order valence-corrected chi connectivity index (χ1v) is 13.4. The van der Waals surface area contributed by atoms with Crippen molar-refractivity contribution in [3.8, 4) is 0 Å². The zero-order chi connectivity index (χ0) is 27.1. The predicted octanol–water partition coefficient (Wildman–Crippen LogP) is 9.24. The molecule has 0 aromatic rings. The molecule has 2 atom stereocenters. The Hall–Kier alpha value is -1.64. The van der Waals surface area contributed by atoms with E-state index in [9.17, 15) is 10.2 Å².